The van der Waals surface area contributed by atoms with Gasteiger partial charge in [0.1, 0.15) is 41.9 Å². The highest BCUT2D eigenvalue weighted by molar-refractivity contribution is 6.00. The fourth-order valence-corrected chi connectivity index (χ4v) is 7.23. The number of aliphatic carboxylic acids is 7. The van der Waals surface area contributed by atoms with Gasteiger partial charge in [0, 0.05) is 50.3 Å². The summed E-state index contributed by atoms with van der Waals surface area (Å²) in [5.74, 6) is -18.2. The fourth-order valence-electron chi connectivity index (χ4n) is 7.23. The third kappa shape index (κ3) is 20.6. The molecular formula is C45H56N10O21. The lowest BCUT2D eigenvalue weighted by atomic mass is 10.0. The van der Waals surface area contributed by atoms with Gasteiger partial charge in [-0.2, -0.15) is 4.98 Å². The van der Waals surface area contributed by atoms with Crippen molar-refractivity contribution in [3.8, 4) is 0 Å². The molecule has 3 aromatic rings. The zero-order valence-electron chi connectivity index (χ0n) is 40.1. The summed E-state index contributed by atoms with van der Waals surface area (Å²) in [5, 5.41) is 78.7. The normalized spacial score (nSPS) is 13.3. The summed E-state index contributed by atoms with van der Waals surface area (Å²) in [6.07, 6.45) is -6.70. The van der Waals surface area contributed by atoms with E-state index in [9.17, 15) is 97.8 Å². The molecule has 0 aliphatic heterocycles. The lowest BCUT2D eigenvalue weighted by Crippen LogP contribution is -2.59. The van der Waals surface area contributed by atoms with Gasteiger partial charge in [0.2, 0.25) is 35.5 Å². The Morgan fingerprint density at radius 2 is 0.803 bits per heavy atom. The van der Waals surface area contributed by atoms with E-state index in [-0.39, 0.29) is 17.2 Å². The number of H-pyrrole nitrogens is 2. The second-order valence-corrected chi connectivity index (χ2v) is 17.0. The van der Waals surface area contributed by atoms with Crippen LogP contribution in [0.2, 0.25) is 0 Å². The van der Waals surface area contributed by atoms with Gasteiger partial charge >= 0.3 is 41.8 Å². The molecule has 2 aromatic heterocycles. The zero-order valence-corrected chi connectivity index (χ0v) is 40.1. The van der Waals surface area contributed by atoms with Crippen LogP contribution in [0.4, 0.5) is 5.95 Å². The van der Waals surface area contributed by atoms with Crippen molar-refractivity contribution in [2.24, 2.45) is 0 Å². The van der Waals surface area contributed by atoms with Crippen molar-refractivity contribution in [2.75, 3.05) is 5.73 Å². The molecule has 412 valence electrons. The molecule has 31 heteroatoms. The predicted octanol–water partition coefficient (Wildman–Crippen LogP) is -2.59. The van der Waals surface area contributed by atoms with Crippen molar-refractivity contribution in [3.05, 3.63) is 57.5 Å². The lowest BCUT2D eigenvalue weighted by molar-refractivity contribution is -0.144. The Bertz CT molecular complexity index is 2740. The van der Waals surface area contributed by atoms with E-state index in [4.69, 9.17) is 10.8 Å². The maximum absolute atomic E-state index is 13.9. The van der Waals surface area contributed by atoms with Gasteiger partial charge in [-0.15, -0.1) is 0 Å². The van der Waals surface area contributed by atoms with Crippen molar-refractivity contribution in [3.63, 3.8) is 0 Å². The maximum Gasteiger partial charge on any atom is 0.326 e. The van der Waals surface area contributed by atoms with Gasteiger partial charge in [0.25, 0.3) is 11.5 Å². The maximum atomic E-state index is 13.9. The number of rotatable bonds is 34. The molecule has 76 heavy (non-hydrogen) atoms. The molecular weight excluding hydrogens is 1020 g/mol. The fraction of sp³-hybridized carbons (Fsp3) is 0.444. The summed E-state index contributed by atoms with van der Waals surface area (Å²) in [6, 6.07) is -5.36. The van der Waals surface area contributed by atoms with E-state index < -0.39 is 196 Å². The summed E-state index contributed by atoms with van der Waals surface area (Å²) in [5.41, 5.74) is 6.77. The van der Waals surface area contributed by atoms with Crippen LogP contribution in [-0.2, 0) is 70.4 Å². The first-order valence-electron chi connectivity index (χ1n) is 23.0. The topological polar surface area (TPSA) is 523 Å². The standard InChI is InChI=1S/C45H56N10O21/c46-45-54-36-35(43(74)55-45)22(19-47-36)6-3-20-1-4-21(5-2-20)37(68)48-23(7-13-29(56)57)38(69)49-24(8-14-30(58)59)39(70)50-25(9-15-31(60)61)40(71)51-26(10-16-32(62)63)41(72)52-27(11-17-33(64)65)42(73)53-28(44(75)76)12-18-34(66)67/h1-2,4-5,19,23-28H,3,6-18H2,(H,48,68)(H,49,69)(H,50,70)(H,51,71)(H,52,72)(H,53,73)(H,56,57)(H,58,59)(H,60,61)(H,62,63)(H,64,65)(H,66,67)(H,75,76)(H4,46,47,54,55,74)/t23-,24-,25-,26-,27-,28-/m0/s1. The summed E-state index contributed by atoms with van der Waals surface area (Å²) < 4.78 is 0. The van der Waals surface area contributed by atoms with E-state index in [2.05, 4.69) is 41.5 Å². The van der Waals surface area contributed by atoms with E-state index >= 15 is 0 Å². The molecule has 0 fully saturated rings. The van der Waals surface area contributed by atoms with Gasteiger partial charge in [0.05, 0.1) is 5.39 Å². The quantitative estimate of drug-likeness (QED) is 0.0292. The molecule has 31 nitrogen and oxygen atoms in total. The Morgan fingerprint density at radius 1 is 0.474 bits per heavy atom. The number of nitrogens with one attached hydrogen (secondary N) is 8. The molecule has 0 saturated carbocycles. The summed E-state index contributed by atoms with van der Waals surface area (Å²) in [7, 11) is 0. The average Bonchev–Trinajstić information content (AvgIpc) is 3.75. The molecule has 0 saturated heterocycles. The SMILES string of the molecule is Nc1nc2[nH]cc(CCc3ccc(C(=O)N[C@@H](CCC(=O)O)C(=O)N[C@@H](CCC(=O)O)C(=O)N[C@@H](CCC(=O)O)C(=O)N[C@@H](CCC(=O)O)C(=O)N[C@@H](CCC(=O)O)C(=O)N[C@@H](CCC(=O)O)C(=O)O)cc3)c2c(=O)[nH]1. The first-order chi connectivity index (χ1) is 35.7. The van der Waals surface area contributed by atoms with Gasteiger partial charge in [-0.05, 0) is 74.6 Å². The Morgan fingerprint density at radius 3 is 1.14 bits per heavy atom. The van der Waals surface area contributed by atoms with Crippen LogP contribution in [-0.4, -0.2) is 164 Å². The van der Waals surface area contributed by atoms with Crippen molar-refractivity contribution in [1.82, 2.24) is 46.9 Å². The summed E-state index contributed by atoms with van der Waals surface area (Å²) in [4.78, 5) is 184. The molecule has 0 bridgehead atoms. The number of nitrogens with two attached hydrogens (primary N) is 1. The number of hydrogen-bond acceptors (Lipinski definition) is 16. The largest absolute Gasteiger partial charge is 0.481 e. The van der Waals surface area contributed by atoms with Crippen LogP contribution < -0.4 is 43.2 Å². The Hall–Kier alpha value is -9.45. The number of amides is 6. The number of hydrogen-bond donors (Lipinski definition) is 16. The van der Waals surface area contributed by atoms with Crippen molar-refractivity contribution in [2.45, 2.75) is 126 Å². The minimum atomic E-state index is -1.98. The number of aryl methyl sites for hydroxylation is 2. The number of fused-ring (bicyclic) bond motifs is 1. The third-order valence-corrected chi connectivity index (χ3v) is 11.2. The first-order valence-corrected chi connectivity index (χ1v) is 23.0. The van der Waals surface area contributed by atoms with E-state index in [0.29, 0.717) is 29.4 Å². The molecule has 6 amide bonds. The van der Waals surface area contributed by atoms with Crippen molar-refractivity contribution in [1.29, 1.82) is 0 Å². The molecule has 0 radical (unpaired) electrons. The smallest absolute Gasteiger partial charge is 0.326 e. The second-order valence-electron chi connectivity index (χ2n) is 17.0. The van der Waals surface area contributed by atoms with Gasteiger partial charge in [-0.1, -0.05) is 12.1 Å². The molecule has 3 rings (SSSR count). The summed E-state index contributed by atoms with van der Waals surface area (Å²) in [6.45, 7) is 0. The monoisotopic (exact) mass is 1070 g/mol. The van der Waals surface area contributed by atoms with Gasteiger partial charge in [0.15, 0.2) is 0 Å². The first kappa shape index (κ1) is 60.9. The van der Waals surface area contributed by atoms with Crippen molar-refractivity contribution >= 4 is 94.2 Å². The Kier molecular flexibility index (Phi) is 23.5. The van der Waals surface area contributed by atoms with Crippen LogP contribution in [0, 0.1) is 0 Å². The van der Waals surface area contributed by atoms with Crippen LogP contribution in [0.25, 0.3) is 11.0 Å². The van der Waals surface area contributed by atoms with Crippen LogP contribution in [0.1, 0.15) is 98.5 Å². The zero-order chi connectivity index (χ0) is 56.8. The number of anilines is 1. The Balaban J connectivity index is 1.85. The molecule has 0 aliphatic carbocycles. The van der Waals surface area contributed by atoms with Crippen LogP contribution in [0.15, 0.2) is 35.3 Å². The number of nitrogen functional groups attached to an aromatic ring is 1. The number of carbonyl (C=O) groups excluding carboxylic acids is 6. The van der Waals surface area contributed by atoms with Crippen molar-refractivity contribution < 1.29 is 98.1 Å². The average molecular weight is 1070 g/mol. The lowest BCUT2D eigenvalue weighted by Gasteiger charge is -2.27. The number of aromatic amines is 2. The predicted molar refractivity (Wildman–Crippen MR) is 255 cm³/mol. The van der Waals surface area contributed by atoms with E-state index in [1.165, 1.54) is 12.1 Å². The van der Waals surface area contributed by atoms with Gasteiger partial charge in [-0.25, -0.2) is 4.79 Å². The highest BCUT2D eigenvalue weighted by Crippen LogP contribution is 2.17. The van der Waals surface area contributed by atoms with Gasteiger partial charge < -0.3 is 78.4 Å². The third-order valence-electron chi connectivity index (χ3n) is 11.2. The minimum absolute atomic E-state index is 0.0123. The van der Waals surface area contributed by atoms with E-state index in [1.54, 1.807) is 18.3 Å². The van der Waals surface area contributed by atoms with Crippen LogP contribution >= 0.6 is 0 Å². The van der Waals surface area contributed by atoms with Crippen LogP contribution in [0.3, 0.4) is 0 Å². The van der Waals surface area contributed by atoms with Gasteiger partial charge in [-0.3, -0.25) is 67.3 Å². The number of nitrogens with zero attached hydrogens (tertiary/aromatic N) is 1. The number of carbonyl (C=O) groups is 13. The van der Waals surface area contributed by atoms with E-state index in [0.717, 1.165) is 0 Å². The number of carboxylic acid groups (broad SMARTS) is 7. The molecule has 0 unspecified atom stereocenters. The molecule has 2 heterocycles. The molecule has 0 aliphatic rings. The summed E-state index contributed by atoms with van der Waals surface area (Å²) >= 11 is 0. The number of aromatic nitrogens is 3. The Labute approximate surface area is 427 Å². The number of carboxylic acids is 7. The second kappa shape index (κ2) is 29.3. The molecule has 1 aromatic carbocycles. The number of benzene rings is 1. The molecule has 0 spiro atoms. The van der Waals surface area contributed by atoms with Crippen LogP contribution in [0.5, 0.6) is 0 Å². The highest BCUT2D eigenvalue weighted by Gasteiger charge is 2.35. The molecule has 6 atom stereocenters. The van der Waals surface area contributed by atoms with E-state index in [1.807, 2.05) is 5.32 Å². The minimum Gasteiger partial charge on any atom is -0.481 e. The molecule has 17 N–H and O–H groups in total. The highest BCUT2D eigenvalue weighted by atomic mass is 16.4.